The minimum atomic E-state index is 0.355. The maximum atomic E-state index is 10.2. The SMILES string of the molecule is O=COc1nccc2ccccc12.c1ccc2ncccc2c1. The molecule has 0 N–H and O–H groups in total. The summed E-state index contributed by atoms with van der Waals surface area (Å²) in [5.74, 6) is 0.355. The zero-order valence-electron chi connectivity index (χ0n) is 12.3. The molecule has 0 radical (unpaired) electrons. The highest BCUT2D eigenvalue weighted by Gasteiger charge is 2.00. The van der Waals surface area contributed by atoms with Gasteiger partial charge in [0.15, 0.2) is 0 Å². The number of ether oxygens (including phenoxy) is 1. The van der Waals surface area contributed by atoms with Crippen LogP contribution in [-0.4, -0.2) is 16.4 Å². The minimum absolute atomic E-state index is 0.355. The first kappa shape index (κ1) is 14.7. The Labute approximate surface area is 133 Å². The zero-order chi connectivity index (χ0) is 15.9. The molecular weight excluding hydrogens is 288 g/mol. The third-order valence-electron chi connectivity index (χ3n) is 3.31. The van der Waals surface area contributed by atoms with Crippen LogP contribution >= 0.6 is 0 Å². The first-order valence-corrected chi connectivity index (χ1v) is 7.12. The van der Waals surface area contributed by atoms with Crippen LogP contribution in [0, 0.1) is 0 Å². The lowest BCUT2D eigenvalue weighted by Gasteiger charge is -2.00. The van der Waals surface area contributed by atoms with Crippen LogP contribution in [0.5, 0.6) is 5.88 Å². The third-order valence-corrected chi connectivity index (χ3v) is 3.31. The van der Waals surface area contributed by atoms with Crippen LogP contribution in [0.2, 0.25) is 0 Å². The Balaban J connectivity index is 0.000000140. The maximum absolute atomic E-state index is 10.2. The van der Waals surface area contributed by atoms with Crippen molar-refractivity contribution >= 4 is 28.1 Å². The topological polar surface area (TPSA) is 52.1 Å². The number of carbonyl (C=O) groups excluding carboxylic acids is 1. The summed E-state index contributed by atoms with van der Waals surface area (Å²) >= 11 is 0. The van der Waals surface area contributed by atoms with Gasteiger partial charge < -0.3 is 4.74 Å². The molecule has 4 nitrogen and oxygen atoms in total. The first-order valence-electron chi connectivity index (χ1n) is 7.12. The van der Waals surface area contributed by atoms with Gasteiger partial charge in [-0.25, -0.2) is 4.98 Å². The molecule has 0 fully saturated rings. The van der Waals surface area contributed by atoms with Crippen molar-refractivity contribution in [3.05, 3.63) is 79.1 Å². The van der Waals surface area contributed by atoms with Crippen molar-refractivity contribution in [2.75, 3.05) is 0 Å². The van der Waals surface area contributed by atoms with E-state index in [-0.39, 0.29) is 0 Å². The number of rotatable bonds is 2. The maximum Gasteiger partial charge on any atom is 0.299 e. The number of aromatic nitrogens is 2. The standard InChI is InChI=1S/C10H7NO2.C9H7N/c12-7-13-10-9-4-2-1-3-8(9)5-6-11-10;1-2-6-9-8(4-1)5-3-7-10-9/h1-7H;1-7H. The van der Waals surface area contributed by atoms with Gasteiger partial charge in [0.2, 0.25) is 5.88 Å². The smallest absolute Gasteiger partial charge is 0.299 e. The van der Waals surface area contributed by atoms with Crippen LogP contribution in [-0.2, 0) is 4.79 Å². The molecular formula is C19H14N2O2. The van der Waals surface area contributed by atoms with Gasteiger partial charge in [-0.05, 0) is 29.7 Å². The average molecular weight is 302 g/mol. The number of hydrogen-bond donors (Lipinski definition) is 0. The highest BCUT2D eigenvalue weighted by Crippen LogP contribution is 2.21. The van der Waals surface area contributed by atoms with Crippen LogP contribution in [0.3, 0.4) is 0 Å². The molecule has 0 bridgehead atoms. The van der Waals surface area contributed by atoms with Gasteiger partial charge in [-0.15, -0.1) is 0 Å². The molecule has 0 aliphatic heterocycles. The Morgan fingerprint density at radius 3 is 2.30 bits per heavy atom. The molecule has 0 saturated heterocycles. The molecule has 2 aromatic carbocycles. The highest BCUT2D eigenvalue weighted by atomic mass is 16.5. The normalized spacial score (nSPS) is 9.91. The second-order valence-electron chi connectivity index (χ2n) is 4.75. The fraction of sp³-hybridized carbons (Fsp3) is 0. The predicted octanol–water partition coefficient (Wildman–Crippen LogP) is 4.00. The summed E-state index contributed by atoms with van der Waals surface area (Å²) in [6.07, 6.45) is 3.42. The van der Waals surface area contributed by atoms with E-state index < -0.39 is 0 Å². The summed E-state index contributed by atoms with van der Waals surface area (Å²) < 4.78 is 4.73. The van der Waals surface area contributed by atoms with E-state index in [0.717, 1.165) is 16.3 Å². The minimum Gasteiger partial charge on any atom is -0.409 e. The Bertz CT molecular complexity index is 867. The van der Waals surface area contributed by atoms with E-state index in [9.17, 15) is 4.79 Å². The molecule has 2 heterocycles. The van der Waals surface area contributed by atoms with Crippen LogP contribution in [0.1, 0.15) is 0 Å². The van der Waals surface area contributed by atoms with Gasteiger partial charge in [-0.1, -0.05) is 42.5 Å². The number of benzene rings is 2. The summed E-state index contributed by atoms with van der Waals surface area (Å²) in [5, 5.41) is 3.05. The lowest BCUT2D eigenvalue weighted by atomic mass is 10.2. The Morgan fingerprint density at radius 2 is 1.48 bits per heavy atom. The number of nitrogens with zero attached hydrogens (tertiary/aromatic N) is 2. The van der Waals surface area contributed by atoms with Crippen LogP contribution in [0.15, 0.2) is 79.1 Å². The second-order valence-corrected chi connectivity index (χ2v) is 4.75. The summed E-state index contributed by atoms with van der Waals surface area (Å²) in [4.78, 5) is 18.3. The molecule has 0 saturated carbocycles. The first-order chi connectivity index (χ1) is 11.4. The van der Waals surface area contributed by atoms with Crippen molar-refractivity contribution < 1.29 is 9.53 Å². The zero-order valence-corrected chi connectivity index (χ0v) is 12.3. The van der Waals surface area contributed by atoms with Crippen LogP contribution in [0.4, 0.5) is 0 Å². The molecule has 4 aromatic rings. The lowest BCUT2D eigenvalue weighted by Crippen LogP contribution is -1.92. The number of pyridine rings is 2. The molecule has 0 unspecified atom stereocenters. The second kappa shape index (κ2) is 7.13. The fourth-order valence-electron chi connectivity index (χ4n) is 2.25. The lowest BCUT2D eigenvalue weighted by molar-refractivity contribution is -0.120. The van der Waals surface area contributed by atoms with Gasteiger partial charge in [0.1, 0.15) is 0 Å². The van der Waals surface area contributed by atoms with E-state index in [2.05, 4.69) is 22.1 Å². The quantitative estimate of drug-likeness (QED) is 0.525. The number of para-hydroxylation sites is 1. The van der Waals surface area contributed by atoms with Crippen molar-refractivity contribution in [3.63, 3.8) is 0 Å². The van der Waals surface area contributed by atoms with Crippen LogP contribution < -0.4 is 4.74 Å². The van der Waals surface area contributed by atoms with Crippen LogP contribution in [0.25, 0.3) is 21.7 Å². The number of fused-ring (bicyclic) bond motifs is 2. The van der Waals surface area contributed by atoms with Crippen molar-refractivity contribution in [1.29, 1.82) is 0 Å². The number of hydrogen-bond acceptors (Lipinski definition) is 4. The molecule has 2 aromatic heterocycles. The van der Waals surface area contributed by atoms with Crippen molar-refractivity contribution in [2.24, 2.45) is 0 Å². The van der Waals surface area contributed by atoms with E-state index in [4.69, 9.17) is 4.74 Å². The molecule has 23 heavy (non-hydrogen) atoms. The molecule has 0 aliphatic carbocycles. The van der Waals surface area contributed by atoms with Gasteiger partial charge in [-0.2, -0.15) is 0 Å². The van der Waals surface area contributed by atoms with Gasteiger partial charge in [-0.3, -0.25) is 9.78 Å². The molecule has 4 heteroatoms. The highest BCUT2D eigenvalue weighted by molar-refractivity contribution is 5.87. The molecule has 0 atom stereocenters. The third kappa shape index (κ3) is 3.49. The van der Waals surface area contributed by atoms with E-state index in [0.29, 0.717) is 12.4 Å². The van der Waals surface area contributed by atoms with Gasteiger partial charge in [0, 0.05) is 23.2 Å². The van der Waals surface area contributed by atoms with E-state index in [1.807, 2.05) is 60.8 Å². The molecule has 0 amide bonds. The summed E-state index contributed by atoms with van der Waals surface area (Å²) in [6, 6.07) is 21.6. The van der Waals surface area contributed by atoms with Gasteiger partial charge >= 0.3 is 0 Å². The van der Waals surface area contributed by atoms with Crippen molar-refractivity contribution in [1.82, 2.24) is 9.97 Å². The van der Waals surface area contributed by atoms with E-state index in [1.165, 1.54) is 5.39 Å². The average Bonchev–Trinajstić information content (AvgIpc) is 2.63. The Morgan fingerprint density at radius 1 is 0.739 bits per heavy atom. The Kier molecular flexibility index (Phi) is 4.55. The van der Waals surface area contributed by atoms with Gasteiger partial charge in [0.05, 0.1) is 5.52 Å². The summed E-state index contributed by atoms with van der Waals surface area (Å²) in [7, 11) is 0. The van der Waals surface area contributed by atoms with E-state index >= 15 is 0 Å². The molecule has 112 valence electrons. The molecule has 0 aliphatic rings. The fourth-order valence-corrected chi connectivity index (χ4v) is 2.25. The predicted molar refractivity (Wildman–Crippen MR) is 90.2 cm³/mol. The Hall–Kier alpha value is -3.27. The monoisotopic (exact) mass is 302 g/mol. The number of carbonyl (C=O) groups is 1. The largest absolute Gasteiger partial charge is 0.409 e. The van der Waals surface area contributed by atoms with Crippen molar-refractivity contribution in [2.45, 2.75) is 0 Å². The van der Waals surface area contributed by atoms with Crippen molar-refractivity contribution in [3.8, 4) is 5.88 Å². The summed E-state index contributed by atoms with van der Waals surface area (Å²) in [6.45, 7) is 0.384. The van der Waals surface area contributed by atoms with E-state index in [1.54, 1.807) is 6.20 Å². The summed E-state index contributed by atoms with van der Waals surface area (Å²) in [5.41, 5.74) is 1.06. The molecule has 0 spiro atoms. The van der Waals surface area contributed by atoms with Gasteiger partial charge in [0.25, 0.3) is 6.47 Å². The molecule has 4 rings (SSSR count).